The van der Waals surface area contributed by atoms with Crippen molar-refractivity contribution >= 4 is 12.7 Å². The van der Waals surface area contributed by atoms with E-state index in [1.165, 1.54) is 12.3 Å². The van der Waals surface area contributed by atoms with Crippen molar-refractivity contribution in [1.82, 2.24) is 5.32 Å². The number of carbonyl (C=O) groups is 2. The summed E-state index contributed by atoms with van der Waals surface area (Å²) in [5.41, 5.74) is 0. The van der Waals surface area contributed by atoms with Crippen molar-refractivity contribution in [2.45, 2.75) is 0 Å². The summed E-state index contributed by atoms with van der Waals surface area (Å²) in [5, 5.41) is 2.16. The van der Waals surface area contributed by atoms with Crippen molar-refractivity contribution in [3.8, 4) is 0 Å². The molecule has 0 saturated carbocycles. The highest BCUT2D eigenvalue weighted by molar-refractivity contribution is 5.65. The van der Waals surface area contributed by atoms with E-state index in [2.05, 4.69) is 5.32 Å². The van der Waals surface area contributed by atoms with E-state index in [1.807, 2.05) is 0 Å². The van der Waals surface area contributed by atoms with Crippen molar-refractivity contribution in [2.75, 3.05) is 0 Å². The summed E-state index contributed by atoms with van der Waals surface area (Å²) in [7, 11) is 0. The second-order valence-corrected chi connectivity index (χ2v) is 0.780. The van der Waals surface area contributed by atoms with Crippen LogP contribution < -0.4 is 5.32 Å². The SMILES string of the molecule is O=C/C=C\NC=O. The summed E-state index contributed by atoms with van der Waals surface area (Å²) < 4.78 is 0. The highest BCUT2D eigenvalue weighted by Gasteiger charge is 1.61. The maximum absolute atomic E-state index is 9.44. The number of nitrogens with one attached hydrogen (secondary N) is 1. The van der Waals surface area contributed by atoms with Crippen molar-refractivity contribution in [3.05, 3.63) is 12.3 Å². The zero-order valence-electron chi connectivity index (χ0n) is 3.63. The lowest BCUT2D eigenvalue weighted by atomic mass is 10.7. The lowest BCUT2D eigenvalue weighted by Crippen LogP contribution is -1.97. The zero-order valence-corrected chi connectivity index (χ0v) is 3.63. The fourth-order valence-corrected chi connectivity index (χ4v) is 0.134. The van der Waals surface area contributed by atoms with Gasteiger partial charge in [0.25, 0.3) is 0 Å². The summed E-state index contributed by atoms with van der Waals surface area (Å²) in [4.78, 5) is 18.8. The van der Waals surface area contributed by atoms with E-state index in [9.17, 15) is 9.59 Å². The second kappa shape index (κ2) is 4.88. The molecule has 0 radical (unpaired) electrons. The van der Waals surface area contributed by atoms with Gasteiger partial charge in [0.05, 0.1) is 0 Å². The number of rotatable bonds is 3. The third-order valence-electron chi connectivity index (χ3n) is 0.339. The highest BCUT2D eigenvalue weighted by Crippen LogP contribution is 1.52. The van der Waals surface area contributed by atoms with Gasteiger partial charge in [-0.2, -0.15) is 0 Å². The number of hydrogen-bond donors (Lipinski definition) is 1. The predicted molar refractivity (Wildman–Crippen MR) is 24.4 cm³/mol. The summed E-state index contributed by atoms with van der Waals surface area (Å²) in [5.74, 6) is 0. The summed E-state index contributed by atoms with van der Waals surface area (Å²) in [6.45, 7) is 0. The van der Waals surface area contributed by atoms with Gasteiger partial charge in [0.1, 0.15) is 6.29 Å². The maximum atomic E-state index is 9.44. The molecule has 0 aromatic heterocycles. The minimum Gasteiger partial charge on any atom is -0.335 e. The Hall–Kier alpha value is -1.12. The molecule has 38 valence electrons. The Morgan fingerprint density at radius 3 is 2.43 bits per heavy atom. The molecule has 3 heteroatoms. The lowest BCUT2D eigenvalue weighted by Gasteiger charge is -1.74. The molecule has 0 atom stereocenters. The summed E-state index contributed by atoms with van der Waals surface area (Å²) >= 11 is 0. The summed E-state index contributed by atoms with van der Waals surface area (Å²) in [6, 6.07) is 0. The number of hydrogen-bond acceptors (Lipinski definition) is 2. The van der Waals surface area contributed by atoms with Gasteiger partial charge < -0.3 is 5.32 Å². The van der Waals surface area contributed by atoms with Gasteiger partial charge in [-0.15, -0.1) is 0 Å². The third kappa shape index (κ3) is 4.88. The Bertz CT molecular complexity index is 87.7. The van der Waals surface area contributed by atoms with E-state index < -0.39 is 0 Å². The van der Waals surface area contributed by atoms with Gasteiger partial charge in [-0.25, -0.2) is 0 Å². The van der Waals surface area contributed by atoms with E-state index in [1.54, 1.807) is 0 Å². The van der Waals surface area contributed by atoms with Crippen LogP contribution in [-0.2, 0) is 9.59 Å². The molecule has 7 heavy (non-hydrogen) atoms. The van der Waals surface area contributed by atoms with Gasteiger partial charge in [-0.05, 0) is 6.08 Å². The van der Waals surface area contributed by atoms with Crippen LogP contribution in [0.15, 0.2) is 12.3 Å². The van der Waals surface area contributed by atoms with Crippen LogP contribution in [0.25, 0.3) is 0 Å². The minimum atomic E-state index is 0.486. The maximum Gasteiger partial charge on any atom is 0.211 e. The van der Waals surface area contributed by atoms with E-state index in [4.69, 9.17) is 0 Å². The van der Waals surface area contributed by atoms with Crippen LogP contribution >= 0.6 is 0 Å². The molecule has 3 nitrogen and oxygen atoms in total. The van der Waals surface area contributed by atoms with Crippen LogP contribution in [0.2, 0.25) is 0 Å². The zero-order chi connectivity index (χ0) is 5.54. The molecule has 0 aliphatic carbocycles. The van der Waals surface area contributed by atoms with Gasteiger partial charge in [0.2, 0.25) is 6.41 Å². The first kappa shape index (κ1) is 5.88. The van der Waals surface area contributed by atoms with Crippen LogP contribution in [0, 0.1) is 0 Å². The average Bonchev–Trinajstić information content (AvgIpc) is 1.69. The molecule has 0 rings (SSSR count). The average molecular weight is 99.1 g/mol. The van der Waals surface area contributed by atoms with Crippen LogP contribution in [0.5, 0.6) is 0 Å². The molecule has 0 unspecified atom stereocenters. The standard InChI is InChI=1S/C4H5NO2/c6-3-1-2-5-4-7/h1-4H,(H,5,7)/b2-1-. The number of aldehydes is 1. The molecule has 0 aromatic rings. The third-order valence-corrected chi connectivity index (χ3v) is 0.339. The van der Waals surface area contributed by atoms with Crippen LogP contribution in [0.1, 0.15) is 0 Å². The molecule has 0 aromatic carbocycles. The number of amides is 1. The van der Waals surface area contributed by atoms with Gasteiger partial charge in [0, 0.05) is 6.20 Å². The van der Waals surface area contributed by atoms with E-state index in [0.717, 1.165) is 0 Å². The van der Waals surface area contributed by atoms with Crippen molar-refractivity contribution < 1.29 is 9.59 Å². The quantitative estimate of drug-likeness (QED) is 0.381. The first-order valence-electron chi connectivity index (χ1n) is 1.72. The Kier molecular flexibility index (Phi) is 4.10. The largest absolute Gasteiger partial charge is 0.335 e. The molecule has 0 aliphatic rings. The van der Waals surface area contributed by atoms with Gasteiger partial charge in [0.15, 0.2) is 0 Å². The Balaban J connectivity index is 3.08. The fourth-order valence-electron chi connectivity index (χ4n) is 0.134. The molecule has 0 fully saturated rings. The molecule has 0 heterocycles. The monoisotopic (exact) mass is 99.0 g/mol. The van der Waals surface area contributed by atoms with Crippen molar-refractivity contribution in [2.24, 2.45) is 0 Å². The van der Waals surface area contributed by atoms with Crippen molar-refractivity contribution in [3.63, 3.8) is 0 Å². The predicted octanol–water partition coefficient (Wildman–Crippen LogP) is -0.555. The molecule has 0 aliphatic heterocycles. The molecule has 0 bridgehead atoms. The first-order chi connectivity index (χ1) is 3.41. The van der Waals surface area contributed by atoms with E-state index in [0.29, 0.717) is 12.7 Å². The van der Waals surface area contributed by atoms with E-state index in [-0.39, 0.29) is 0 Å². The molecular weight excluding hydrogens is 94.0 g/mol. The second-order valence-electron chi connectivity index (χ2n) is 0.780. The van der Waals surface area contributed by atoms with Crippen molar-refractivity contribution in [1.29, 1.82) is 0 Å². The Morgan fingerprint density at radius 2 is 2.00 bits per heavy atom. The first-order valence-corrected chi connectivity index (χ1v) is 1.72. The fraction of sp³-hybridized carbons (Fsp3) is 0. The molecule has 0 spiro atoms. The molecule has 0 saturated heterocycles. The molecular formula is C4H5NO2. The van der Waals surface area contributed by atoms with Crippen LogP contribution in [0.3, 0.4) is 0 Å². The van der Waals surface area contributed by atoms with Crippen LogP contribution in [0.4, 0.5) is 0 Å². The number of carbonyl (C=O) groups excluding carboxylic acids is 2. The normalized spacial score (nSPS) is 8.57. The minimum absolute atomic E-state index is 0.486. The Morgan fingerprint density at radius 1 is 1.29 bits per heavy atom. The summed E-state index contributed by atoms with van der Waals surface area (Å²) in [6.07, 6.45) is 3.50. The van der Waals surface area contributed by atoms with Gasteiger partial charge in [-0.1, -0.05) is 0 Å². The van der Waals surface area contributed by atoms with Crippen LogP contribution in [-0.4, -0.2) is 12.7 Å². The Labute approximate surface area is 41.0 Å². The smallest absolute Gasteiger partial charge is 0.211 e. The topological polar surface area (TPSA) is 46.2 Å². The number of allylic oxidation sites excluding steroid dienone is 1. The van der Waals surface area contributed by atoms with Gasteiger partial charge >= 0.3 is 0 Å². The van der Waals surface area contributed by atoms with E-state index >= 15 is 0 Å². The molecule has 1 amide bonds. The highest BCUT2D eigenvalue weighted by atomic mass is 16.1. The molecule has 1 N–H and O–H groups in total. The lowest BCUT2D eigenvalue weighted by molar-refractivity contribution is -0.108. The van der Waals surface area contributed by atoms with Gasteiger partial charge in [-0.3, -0.25) is 9.59 Å².